The molecule has 1 saturated heterocycles. The van der Waals surface area contributed by atoms with Gasteiger partial charge in [-0.25, -0.2) is 14.8 Å². The molecule has 1 aromatic rings. The fourth-order valence-corrected chi connectivity index (χ4v) is 2.61. The number of carbonyl (C=O) groups is 1. The van der Waals surface area contributed by atoms with Gasteiger partial charge in [0.05, 0.1) is 3.57 Å². The summed E-state index contributed by atoms with van der Waals surface area (Å²) in [6, 6.07) is 0. The minimum Gasteiger partial charge on any atom is -0.444 e. The van der Waals surface area contributed by atoms with Crippen molar-refractivity contribution >= 4 is 34.5 Å². The molecule has 6 nitrogen and oxygen atoms in total. The number of ether oxygens (including phenoxy) is 1. The lowest BCUT2D eigenvalue weighted by Gasteiger charge is -2.36. The van der Waals surface area contributed by atoms with Gasteiger partial charge in [0, 0.05) is 32.4 Å². The van der Waals surface area contributed by atoms with Gasteiger partial charge in [-0.2, -0.15) is 0 Å². The highest BCUT2D eigenvalue weighted by molar-refractivity contribution is 14.1. The van der Waals surface area contributed by atoms with Crippen molar-refractivity contribution in [3.63, 3.8) is 0 Å². The maximum absolute atomic E-state index is 12.0. The molecule has 0 spiro atoms. The van der Waals surface area contributed by atoms with Crippen molar-refractivity contribution in [3.8, 4) is 0 Å². The molecule has 1 amide bonds. The van der Waals surface area contributed by atoms with Gasteiger partial charge in [-0.1, -0.05) is 0 Å². The van der Waals surface area contributed by atoms with Crippen molar-refractivity contribution in [3.05, 3.63) is 16.1 Å². The number of amides is 1. The van der Waals surface area contributed by atoms with E-state index in [2.05, 4.69) is 37.5 Å². The second-order valence-electron chi connectivity index (χ2n) is 5.65. The zero-order valence-corrected chi connectivity index (χ0v) is 14.1. The van der Waals surface area contributed by atoms with Gasteiger partial charge >= 0.3 is 6.09 Å². The van der Waals surface area contributed by atoms with E-state index >= 15 is 0 Å². The molecule has 0 N–H and O–H groups in total. The van der Waals surface area contributed by atoms with Gasteiger partial charge in [-0.15, -0.1) is 0 Å². The number of nitrogens with zero attached hydrogens (tertiary/aromatic N) is 4. The van der Waals surface area contributed by atoms with E-state index in [4.69, 9.17) is 4.74 Å². The molecule has 1 fully saturated rings. The van der Waals surface area contributed by atoms with Gasteiger partial charge in [-0.3, -0.25) is 0 Å². The molecule has 0 unspecified atom stereocenters. The highest BCUT2D eigenvalue weighted by Crippen LogP contribution is 2.20. The molecule has 0 aromatic carbocycles. The Morgan fingerprint density at radius 1 is 1.30 bits per heavy atom. The number of carbonyl (C=O) groups excluding carboxylic acids is 1. The van der Waals surface area contributed by atoms with Crippen LogP contribution in [-0.4, -0.2) is 52.7 Å². The van der Waals surface area contributed by atoms with E-state index in [-0.39, 0.29) is 6.09 Å². The van der Waals surface area contributed by atoms with Crippen molar-refractivity contribution in [2.75, 3.05) is 31.1 Å². The van der Waals surface area contributed by atoms with Crippen molar-refractivity contribution < 1.29 is 9.53 Å². The molecule has 2 heterocycles. The summed E-state index contributed by atoms with van der Waals surface area (Å²) in [7, 11) is 0. The molecule has 20 heavy (non-hydrogen) atoms. The monoisotopic (exact) mass is 390 g/mol. The molecule has 0 bridgehead atoms. The summed E-state index contributed by atoms with van der Waals surface area (Å²) >= 11 is 2.23. The third-order valence-electron chi connectivity index (χ3n) is 2.88. The van der Waals surface area contributed by atoms with E-state index in [1.807, 2.05) is 20.8 Å². The number of rotatable bonds is 1. The Kier molecular flexibility index (Phi) is 4.66. The van der Waals surface area contributed by atoms with Crippen molar-refractivity contribution in [2.24, 2.45) is 0 Å². The molecular formula is C13H19IN4O2. The van der Waals surface area contributed by atoms with Crippen LogP contribution in [-0.2, 0) is 4.74 Å². The zero-order chi connectivity index (χ0) is 14.8. The number of halogens is 1. The molecule has 2 rings (SSSR count). The molecule has 1 aliphatic rings. The smallest absolute Gasteiger partial charge is 0.410 e. The summed E-state index contributed by atoms with van der Waals surface area (Å²) in [6.07, 6.45) is 3.11. The topological polar surface area (TPSA) is 58.6 Å². The van der Waals surface area contributed by atoms with Gasteiger partial charge in [0.15, 0.2) is 0 Å². The van der Waals surface area contributed by atoms with Gasteiger partial charge in [0.25, 0.3) is 0 Å². The summed E-state index contributed by atoms with van der Waals surface area (Å²) < 4.78 is 6.41. The fourth-order valence-electron chi connectivity index (χ4n) is 1.97. The Balaban J connectivity index is 1.93. The van der Waals surface area contributed by atoms with Crippen LogP contribution < -0.4 is 4.90 Å². The lowest BCUT2D eigenvalue weighted by atomic mass is 10.2. The summed E-state index contributed by atoms with van der Waals surface area (Å²) in [6.45, 7) is 8.45. The second-order valence-corrected chi connectivity index (χ2v) is 6.81. The van der Waals surface area contributed by atoms with Crippen LogP contribution in [0.15, 0.2) is 12.5 Å². The Morgan fingerprint density at radius 3 is 2.50 bits per heavy atom. The number of anilines is 1. The normalized spacial score (nSPS) is 16.2. The van der Waals surface area contributed by atoms with Crippen LogP contribution in [0.5, 0.6) is 0 Å². The Hall–Kier alpha value is -1.12. The average Bonchev–Trinajstić information content (AvgIpc) is 2.37. The number of hydrogen-bond donors (Lipinski definition) is 0. The Bertz CT molecular complexity index is 482. The predicted molar refractivity (Wildman–Crippen MR) is 84.8 cm³/mol. The quantitative estimate of drug-likeness (QED) is 0.688. The Labute approximate surface area is 132 Å². The van der Waals surface area contributed by atoms with E-state index in [0.717, 1.165) is 22.5 Å². The van der Waals surface area contributed by atoms with Crippen molar-refractivity contribution in [1.82, 2.24) is 14.9 Å². The highest BCUT2D eigenvalue weighted by atomic mass is 127. The first-order valence-electron chi connectivity index (χ1n) is 6.55. The average molecular weight is 390 g/mol. The third kappa shape index (κ3) is 3.94. The van der Waals surface area contributed by atoms with E-state index in [9.17, 15) is 4.79 Å². The van der Waals surface area contributed by atoms with Crippen molar-refractivity contribution in [2.45, 2.75) is 26.4 Å². The van der Waals surface area contributed by atoms with Gasteiger partial charge in [-0.05, 0) is 43.4 Å². The highest BCUT2D eigenvalue weighted by Gasteiger charge is 2.26. The lowest BCUT2D eigenvalue weighted by Crippen LogP contribution is -2.50. The summed E-state index contributed by atoms with van der Waals surface area (Å²) in [5.74, 6) is 0.935. The SMILES string of the molecule is CC(C)(C)OC(=O)N1CCN(c2ncncc2I)CC1. The number of piperazine rings is 1. The summed E-state index contributed by atoms with van der Waals surface area (Å²) in [5.41, 5.74) is -0.448. The Morgan fingerprint density at radius 2 is 1.95 bits per heavy atom. The molecule has 0 radical (unpaired) electrons. The molecular weight excluding hydrogens is 371 g/mol. The van der Waals surface area contributed by atoms with E-state index in [1.165, 1.54) is 0 Å². The second kappa shape index (κ2) is 6.11. The molecule has 7 heteroatoms. The number of aromatic nitrogens is 2. The first kappa shape index (κ1) is 15.3. The first-order chi connectivity index (χ1) is 9.37. The summed E-state index contributed by atoms with van der Waals surface area (Å²) in [5, 5.41) is 0. The molecule has 0 atom stereocenters. The largest absolute Gasteiger partial charge is 0.444 e. The van der Waals surface area contributed by atoms with E-state index in [0.29, 0.717) is 13.1 Å². The van der Waals surface area contributed by atoms with Crippen LogP contribution in [0.25, 0.3) is 0 Å². The standard InChI is InChI=1S/C13H19IN4O2/c1-13(2,3)20-12(19)18-6-4-17(5-7-18)11-10(14)8-15-9-16-11/h8-9H,4-7H2,1-3H3. The van der Waals surface area contributed by atoms with Crippen molar-refractivity contribution in [1.29, 1.82) is 0 Å². The van der Waals surface area contributed by atoms with E-state index in [1.54, 1.807) is 17.4 Å². The van der Waals surface area contributed by atoms with Crippen LogP contribution >= 0.6 is 22.6 Å². The van der Waals surface area contributed by atoms with E-state index < -0.39 is 5.60 Å². The molecule has 1 aromatic heterocycles. The number of hydrogen-bond acceptors (Lipinski definition) is 5. The lowest BCUT2D eigenvalue weighted by molar-refractivity contribution is 0.0240. The maximum Gasteiger partial charge on any atom is 0.410 e. The summed E-state index contributed by atoms with van der Waals surface area (Å²) in [4.78, 5) is 24.2. The minimum absolute atomic E-state index is 0.241. The van der Waals surface area contributed by atoms with Crippen LogP contribution in [0.1, 0.15) is 20.8 Å². The van der Waals surface area contributed by atoms with Crippen LogP contribution in [0.4, 0.5) is 10.6 Å². The molecule has 0 aliphatic carbocycles. The fraction of sp³-hybridized carbons (Fsp3) is 0.615. The molecule has 1 aliphatic heterocycles. The third-order valence-corrected chi connectivity index (χ3v) is 3.64. The van der Waals surface area contributed by atoms with Crippen LogP contribution in [0, 0.1) is 3.57 Å². The van der Waals surface area contributed by atoms with Gasteiger partial charge in [0.1, 0.15) is 17.7 Å². The van der Waals surface area contributed by atoms with Crippen LogP contribution in [0.2, 0.25) is 0 Å². The molecule has 0 saturated carbocycles. The predicted octanol–water partition coefficient (Wildman–Crippen LogP) is 2.14. The van der Waals surface area contributed by atoms with Gasteiger partial charge in [0.2, 0.25) is 0 Å². The van der Waals surface area contributed by atoms with Crippen LogP contribution in [0.3, 0.4) is 0 Å². The first-order valence-corrected chi connectivity index (χ1v) is 7.63. The minimum atomic E-state index is -0.448. The maximum atomic E-state index is 12.0. The zero-order valence-electron chi connectivity index (χ0n) is 12.0. The van der Waals surface area contributed by atoms with Gasteiger partial charge < -0.3 is 14.5 Å². The molecule has 110 valence electrons.